The minimum absolute atomic E-state index is 0.0674. The zero-order valence-corrected chi connectivity index (χ0v) is 11.2. The first kappa shape index (κ1) is 15.2. The fourth-order valence-corrected chi connectivity index (χ4v) is 1.70. The summed E-state index contributed by atoms with van der Waals surface area (Å²) in [5.74, 6) is -1.71. The van der Waals surface area contributed by atoms with Crippen LogP contribution in [0, 0.1) is 5.92 Å². The van der Waals surface area contributed by atoms with Crippen molar-refractivity contribution in [2.24, 2.45) is 5.92 Å². The first-order chi connectivity index (χ1) is 8.99. The Morgan fingerprint density at radius 3 is 2.26 bits per heavy atom. The SMILES string of the molecule is CCN(CC(C)C(=O)O)C(=O)c1ccc(CO)cc1. The van der Waals surface area contributed by atoms with Gasteiger partial charge in [-0.1, -0.05) is 19.1 Å². The number of aliphatic hydroxyl groups is 1. The lowest BCUT2D eigenvalue weighted by Crippen LogP contribution is -2.36. The Hall–Kier alpha value is -1.88. The Labute approximate surface area is 112 Å². The van der Waals surface area contributed by atoms with E-state index in [-0.39, 0.29) is 19.1 Å². The van der Waals surface area contributed by atoms with Gasteiger partial charge in [-0.25, -0.2) is 0 Å². The Morgan fingerprint density at radius 1 is 1.26 bits per heavy atom. The summed E-state index contributed by atoms with van der Waals surface area (Å²) in [6.07, 6.45) is 0. The van der Waals surface area contributed by atoms with Gasteiger partial charge in [-0.05, 0) is 24.6 Å². The van der Waals surface area contributed by atoms with Gasteiger partial charge in [-0.15, -0.1) is 0 Å². The summed E-state index contributed by atoms with van der Waals surface area (Å²) < 4.78 is 0. The lowest BCUT2D eigenvalue weighted by Gasteiger charge is -2.23. The molecule has 0 heterocycles. The number of aliphatic hydroxyl groups excluding tert-OH is 1. The number of hydrogen-bond acceptors (Lipinski definition) is 3. The quantitative estimate of drug-likeness (QED) is 0.814. The molecule has 104 valence electrons. The van der Waals surface area contributed by atoms with Crippen LogP contribution in [0.2, 0.25) is 0 Å². The maximum absolute atomic E-state index is 12.2. The molecular weight excluding hydrogens is 246 g/mol. The number of hydrogen-bond donors (Lipinski definition) is 2. The molecule has 1 aromatic carbocycles. The van der Waals surface area contributed by atoms with Crippen LogP contribution in [0.5, 0.6) is 0 Å². The standard InChI is InChI=1S/C14H19NO4/c1-3-15(8-10(2)14(18)19)13(17)12-6-4-11(9-16)5-7-12/h4-7,10,16H,3,8-9H2,1-2H3,(H,18,19). The van der Waals surface area contributed by atoms with Gasteiger partial charge in [-0.2, -0.15) is 0 Å². The highest BCUT2D eigenvalue weighted by Crippen LogP contribution is 2.10. The Kier molecular flexibility index (Phi) is 5.51. The first-order valence-electron chi connectivity index (χ1n) is 6.21. The molecule has 0 aliphatic carbocycles. The molecule has 1 aromatic rings. The van der Waals surface area contributed by atoms with E-state index in [1.165, 1.54) is 4.90 Å². The molecule has 0 saturated heterocycles. The molecule has 0 fully saturated rings. The second-order valence-electron chi connectivity index (χ2n) is 4.44. The van der Waals surface area contributed by atoms with E-state index in [2.05, 4.69) is 0 Å². The molecule has 0 radical (unpaired) electrons. The highest BCUT2D eigenvalue weighted by atomic mass is 16.4. The van der Waals surface area contributed by atoms with Crippen LogP contribution in [0.25, 0.3) is 0 Å². The zero-order chi connectivity index (χ0) is 14.4. The molecule has 5 heteroatoms. The van der Waals surface area contributed by atoms with Crippen molar-refractivity contribution in [3.8, 4) is 0 Å². The predicted molar refractivity (Wildman–Crippen MR) is 70.7 cm³/mol. The van der Waals surface area contributed by atoms with Gasteiger partial charge in [0.2, 0.25) is 0 Å². The van der Waals surface area contributed by atoms with Crippen LogP contribution in [-0.4, -0.2) is 40.1 Å². The predicted octanol–water partition coefficient (Wildman–Crippen LogP) is 1.36. The summed E-state index contributed by atoms with van der Waals surface area (Å²) in [6.45, 7) is 3.97. The molecular formula is C14H19NO4. The van der Waals surface area contributed by atoms with Crippen LogP contribution in [0.1, 0.15) is 29.8 Å². The topological polar surface area (TPSA) is 77.8 Å². The van der Waals surface area contributed by atoms with Gasteiger partial charge >= 0.3 is 5.97 Å². The average Bonchev–Trinajstić information content (AvgIpc) is 2.43. The number of benzene rings is 1. The largest absolute Gasteiger partial charge is 0.481 e. The van der Waals surface area contributed by atoms with E-state index in [4.69, 9.17) is 10.2 Å². The average molecular weight is 265 g/mol. The number of carbonyl (C=O) groups excluding carboxylic acids is 1. The molecule has 19 heavy (non-hydrogen) atoms. The number of aliphatic carboxylic acids is 1. The molecule has 0 aliphatic heterocycles. The van der Waals surface area contributed by atoms with Gasteiger partial charge in [0.05, 0.1) is 12.5 Å². The molecule has 0 bridgehead atoms. The van der Waals surface area contributed by atoms with Crippen molar-refractivity contribution in [3.05, 3.63) is 35.4 Å². The summed E-state index contributed by atoms with van der Waals surface area (Å²) in [5, 5.41) is 17.8. The Balaban J connectivity index is 2.79. The monoisotopic (exact) mass is 265 g/mol. The molecule has 0 aromatic heterocycles. The normalized spacial score (nSPS) is 11.9. The molecule has 1 rings (SSSR count). The van der Waals surface area contributed by atoms with E-state index >= 15 is 0 Å². The number of carboxylic acids is 1. The van der Waals surface area contributed by atoms with Gasteiger partial charge in [0, 0.05) is 18.7 Å². The molecule has 1 unspecified atom stereocenters. The highest BCUT2D eigenvalue weighted by Gasteiger charge is 2.20. The second kappa shape index (κ2) is 6.89. The van der Waals surface area contributed by atoms with Crippen molar-refractivity contribution in [1.82, 2.24) is 4.90 Å². The maximum atomic E-state index is 12.2. The van der Waals surface area contributed by atoms with Gasteiger partial charge in [0.1, 0.15) is 0 Å². The summed E-state index contributed by atoms with van der Waals surface area (Å²) in [4.78, 5) is 24.5. The van der Waals surface area contributed by atoms with Gasteiger partial charge in [0.15, 0.2) is 0 Å². The number of amides is 1. The third-order valence-electron chi connectivity index (χ3n) is 2.97. The van der Waals surface area contributed by atoms with E-state index in [0.29, 0.717) is 12.1 Å². The van der Waals surface area contributed by atoms with Gasteiger partial charge in [0.25, 0.3) is 5.91 Å². The van der Waals surface area contributed by atoms with Crippen LogP contribution in [0.15, 0.2) is 24.3 Å². The fourth-order valence-electron chi connectivity index (χ4n) is 1.70. The second-order valence-corrected chi connectivity index (χ2v) is 4.44. The zero-order valence-electron chi connectivity index (χ0n) is 11.2. The van der Waals surface area contributed by atoms with E-state index < -0.39 is 11.9 Å². The van der Waals surface area contributed by atoms with E-state index in [1.807, 2.05) is 6.92 Å². The number of nitrogens with zero attached hydrogens (tertiary/aromatic N) is 1. The maximum Gasteiger partial charge on any atom is 0.308 e. The van der Waals surface area contributed by atoms with Crippen molar-refractivity contribution in [3.63, 3.8) is 0 Å². The van der Waals surface area contributed by atoms with E-state index in [0.717, 1.165) is 5.56 Å². The minimum Gasteiger partial charge on any atom is -0.481 e. The van der Waals surface area contributed by atoms with Crippen LogP contribution in [0.4, 0.5) is 0 Å². The number of rotatable bonds is 6. The molecule has 0 aliphatic rings. The Morgan fingerprint density at radius 2 is 1.84 bits per heavy atom. The molecule has 5 nitrogen and oxygen atoms in total. The van der Waals surface area contributed by atoms with Crippen LogP contribution in [0.3, 0.4) is 0 Å². The van der Waals surface area contributed by atoms with E-state index in [1.54, 1.807) is 31.2 Å². The third kappa shape index (κ3) is 4.06. The molecule has 1 amide bonds. The molecule has 0 saturated carbocycles. The Bertz CT molecular complexity index is 441. The third-order valence-corrected chi connectivity index (χ3v) is 2.97. The first-order valence-corrected chi connectivity index (χ1v) is 6.21. The van der Waals surface area contributed by atoms with E-state index in [9.17, 15) is 9.59 Å². The number of carboxylic acid groups (broad SMARTS) is 1. The van der Waals surface area contributed by atoms with Gasteiger partial charge < -0.3 is 15.1 Å². The molecule has 1 atom stereocenters. The summed E-state index contributed by atoms with van der Waals surface area (Å²) in [6, 6.07) is 6.65. The highest BCUT2D eigenvalue weighted by molar-refractivity contribution is 5.94. The molecule has 2 N–H and O–H groups in total. The van der Waals surface area contributed by atoms with Crippen molar-refractivity contribution in [2.75, 3.05) is 13.1 Å². The number of carbonyl (C=O) groups is 2. The van der Waals surface area contributed by atoms with Crippen molar-refractivity contribution >= 4 is 11.9 Å². The van der Waals surface area contributed by atoms with Crippen molar-refractivity contribution < 1.29 is 19.8 Å². The van der Waals surface area contributed by atoms with Crippen LogP contribution >= 0.6 is 0 Å². The van der Waals surface area contributed by atoms with Crippen molar-refractivity contribution in [1.29, 1.82) is 0 Å². The summed E-state index contributed by atoms with van der Waals surface area (Å²) in [5.41, 5.74) is 1.23. The minimum atomic E-state index is -0.915. The lowest BCUT2D eigenvalue weighted by atomic mass is 10.1. The lowest BCUT2D eigenvalue weighted by molar-refractivity contribution is -0.141. The van der Waals surface area contributed by atoms with Crippen LogP contribution < -0.4 is 0 Å². The smallest absolute Gasteiger partial charge is 0.308 e. The van der Waals surface area contributed by atoms with Gasteiger partial charge in [-0.3, -0.25) is 9.59 Å². The fraction of sp³-hybridized carbons (Fsp3) is 0.429. The summed E-state index contributed by atoms with van der Waals surface area (Å²) >= 11 is 0. The van der Waals surface area contributed by atoms with Crippen LogP contribution in [-0.2, 0) is 11.4 Å². The van der Waals surface area contributed by atoms with Crippen molar-refractivity contribution in [2.45, 2.75) is 20.5 Å². The summed E-state index contributed by atoms with van der Waals surface area (Å²) in [7, 11) is 0. The molecule has 0 spiro atoms.